The molecule has 0 spiro atoms. The summed E-state index contributed by atoms with van der Waals surface area (Å²) in [5.41, 5.74) is 6.43. The summed E-state index contributed by atoms with van der Waals surface area (Å²) in [6, 6.07) is 16.0. The number of rotatable bonds is 3. The fourth-order valence-electron chi connectivity index (χ4n) is 2.81. The first-order valence-electron chi connectivity index (χ1n) is 7.71. The molecule has 0 saturated heterocycles. The second kappa shape index (κ2) is 6.84. The van der Waals surface area contributed by atoms with Crippen LogP contribution in [0.3, 0.4) is 0 Å². The Hall–Kier alpha value is -2.03. The molecule has 0 saturated carbocycles. The lowest BCUT2D eigenvalue weighted by molar-refractivity contribution is 0.963. The van der Waals surface area contributed by atoms with E-state index in [1.165, 1.54) is 5.56 Å². The molecular formula is C20H18Cl2N2. The van der Waals surface area contributed by atoms with Gasteiger partial charge in [-0.1, -0.05) is 41.4 Å². The minimum Gasteiger partial charge on any atom is -0.318 e. The van der Waals surface area contributed by atoms with E-state index in [9.17, 15) is 0 Å². The molecule has 0 aliphatic heterocycles. The van der Waals surface area contributed by atoms with Crippen LogP contribution in [0.5, 0.6) is 0 Å². The third-order valence-electron chi connectivity index (χ3n) is 4.00. The Bertz CT molecular complexity index is 923. The maximum absolute atomic E-state index is 6.20. The van der Waals surface area contributed by atoms with E-state index in [-0.39, 0.29) is 0 Å². The van der Waals surface area contributed by atoms with Crippen molar-refractivity contribution in [2.45, 2.75) is 20.8 Å². The molecule has 3 rings (SSSR count). The highest BCUT2D eigenvalue weighted by atomic mass is 35.5. The van der Waals surface area contributed by atoms with Crippen molar-refractivity contribution >= 4 is 35.1 Å². The number of hydrogen-bond acceptors (Lipinski definition) is 1. The molecule has 4 heteroatoms. The molecule has 0 aliphatic rings. The van der Waals surface area contributed by atoms with Gasteiger partial charge >= 0.3 is 0 Å². The Morgan fingerprint density at radius 3 is 2.46 bits per heavy atom. The van der Waals surface area contributed by atoms with Gasteiger partial charge in [-0.25, -0.2) is 0 Å². The van der Waals surface area contributed by atoms with Gasteiger partial charge in [0, 0.05) is 28.9 Å². The summed E-state index contributed by atoms with van der Waals surface area (Å²) in [5, 5.41) is 0.986. The normalized spacial score (nSPS) is 11.4. The smallest absolute Gasteiger partial charge is 0.0848 e. The second-order valence-corrected chi connectivity index (χ2v) is 6.62. The standard InChI is InChI=1S/C20H18Cl2N2/c1-13-6-4-7-17(10-13)24-14(2)11-16(15(24)3)12-23-19-9-5-8-18(21)20(19)22/h4-12H,1-3H3. The van der Waals surface area contributed by atoms with E-state index in [1.807, 2.05) is 18.3 Å². The lowest BCUT2D eigenvalue weighted by Crippen LogP contribution is -1.99. The van der Waals surface area contributed by atoms with Crippen molar-refractivity contribution in [2.24, 2.45) is 4.99 Å². The molecule has 3 aromatic rings. The van der Waals surface area contributed by atoms with Crippen LogP contribution in [0.1, 0.15) is 22.5 Å². The predicted octanol–water partition coefficient (Wildman–Crippen LogP) is 6.46. The summed E-state index contributed by atoms with van der Waals surface area (Å²) in [4.78, 5) is 4.51. The molecule has 0 amide bonds. The van der Waals surface area contributed by atoms with Crippen molar-refractivity contribution in [1.29, 1.82) is 0 Å². The molecule has 0 fully saturated rings. The maximum Gasteiger partial charge on any atom is 0.0848 e. The van der Waals surface area contributed by atoms with Gasteiger partial charge in [-0.05, 0) is 56.7 Å². The Labute approximate surface area is 152 Å². The number of halogens is 2. The number of benzene rings is 2. The Morgan fingerprint density at radius 1 is 0.958 bits per heavy atom. The Kier molecular flexibility index (Phi) is 4.79. The zero-order valence-corrected chi connectivity index (χ0v) is 15.4. The van der Waals surface area contributed by atoms with Crippen LogP contribution in [0.4, 0.5) is 5.69 Å². The number of aryl methyl sites for hydroxylation is 2. The number of hydrogen-bond donors (Lipinski definition) is 0. The zero-order chi connectivity index (χ0) is 17.3. The summed E-state index contributed by atoms with van der Waals surface area (Å²) >= 11 is 12.2. The predicted molar refractivity (Wildman–Crippen MR) is 104 cm³/mol. The lowest BCUT2D eigenvalue weighted by atomic mass is 10.2. The van der Waals surface area contributed by atoms with Crippen molar-refractivity contribution in [3.8, 4) is 5.69 Å². The molecule has 1 heterocycles. The number of aliphatic imine (C=N–C) groups is 1. The third-order valence-corrected chi connectivity index (χ3v) is 4.81. The average molecular weight is 357 g/mol. The molecular weight excluding hydrogens is 339 g/mol. The van der Waals surface area contributed by atoms with Gasteiger partial charge in [0.25, 0.3) is 0 Å². The highest BCUT2D eigenvalue weighted by molar-refractivity contribution is 6.43. The molecule has 122 valence electrons. The zero-order valence-electron chi connectivity index (χ0n) is 13.8. The molecule has 0 N–H and O–H groups in total. The van der Waals surface area contributed by atoms with Crippen molar-refractivity contribution in [1.82, 2.24) is 4.57 Å². The van der Waals surface area contributed by atoms with Gasteiger partial charge in [-0.15, -0.1) is 0 Å². The Balaban J connectivity index is 2.00. The largest absolute Gasteiger partial charge is 0.318 e. The quantitative estimate of drug-likeness (QED) is 0.479. The molecule has 0 bridgehead atoms. The fourth-order valence-corrected chi connectivity index (χ4v) is 3.16. The van der Waals surface area contributed by atoms with E-state index in [0.717, 1.165) is 22.6 Å². The number of aromatic nitrogens is 1. The highest BCUT2D eigenvalue weighted by Crippen LogP contribution is 2.31. The molecule has 2 aromatic carbocycles. The lowest BCUT2D eigenvalue weighted by Gasteiger charge is -2.10. The molecule has 0 aliphatic carbocycles. The van der Waals surface area contributed by atoms with Gasteiger partial charge in [-0.3, -0.25) is 4.99 Å². The first-order chi connectivity index (χ1) is 11.5. The molecule has 0 radical (unpaired) electrons. The van der Waals surface area contributed by atoms with Gasteiger partial charge in [-0.2, -0.15) is 0 Å². The molecule has 2 nitrogen and oxygen atoms in total. The minimum absolute atomic E-state index is 0.475. The van der Waals surface area contributed by atoms with Crippen LogP contribution in [0.25, 0.3) is 5.69 Å². The van der Waals surface area contributed by atoms with Gasteiger partial charge < -0.3 is 4.57 Å². The summed E-state index contributed by atoms with van der Waals surface area (Å²) in [5.74, 6) is 0. The van der Waals surface area contributed by atoms with Crippen LogP contribution in [0.15, 0.2) is 53.5 Å². The van der Waals surface area contributed by atoms with Crippen LogP contribution in [-0.4, -0.2) is 10.8 Å². The van der Waals surface area contributed by atoms with Crippen LogP contribution in [0, 0.1) is 20.8 Å². The van der Waals surface area contributed by atoms with E-state index >= 15 is 0 Å². The summed E-state index contributed by atoms with van der Waals surface area (Å²) in [6.45, 7) is 6.29. The van der Waals surface area contributed by atoms with Crippen LogP contribution >= 0.6 is 23.2 Å². The van der Waals surface area contributed by atoms with E-state index < -0.39 is 0 Å². The van der Waals surface area contributed by atoms with E-state index in [4.69, 9.17) is 23.2 Å². The molecule has 0 atom stereocenters. The minimum atomic E-state index is 0.475. The summed E-state index contributed by atoms with van der Waals surface area (Å²) < 4.78 is 2.23. The molecule has 24 heavy (non-hydrogen) atoms. The summed E-state index contributed by atoms with van der Waals surface area (Å²) in [7, 11) is 0. The maximum atomic E-state index is 6.20. The van der Waals surface area contributed by atoms with Gasteiger partial charge in [0.05, 0.1) is 15.7 Å². The van der Waals surface area contributed by atoms with E-state index in [1.54, 1.807) is 6.07 Å². The summed E-state index contributed by atoms with van der Waals surface area (Å²) in [6.07, 6.45) is 1.84. The average Bonchev–Trinajstić information content (AvgIpc) is 2.83. The van der Waals surface area contributed by atoms with Crippen molar-refractivity contribution in [2.75, 3.05) is 0 Å². The SMILES string of the molecule is Cc1cccc(-n2c(C)cc(C=Nc3cccc(Cl)c3Cl)c2C)c1. The Morgan fingerprint density at radius 2 is 1.71 bits per heavy atom. The van der Waals surface area contributed by atoms with Crippen molar-refractivity contribution in [3.05, 3.63) is 81.1 Å². The topological polar surface area (TPSA) is 17.3 Å². The van der Waals surface area contributed by atoms with Crippen LogP contribution < -0.4 is 0 Å². The van der Waals surface area contributed by atoms with E-state index in [2.05, 4.69) is 60.7 Å². The third kappa shape index (κ3) is 3.26. The van der Waals surface area contributed by atoms with Gasteiger partial charge in [0.1, 0.15) is 0 Å². The van der Waals surface area contributed by atoms with E-state index in [0.29, 0.717) is 15.7 Å². The van der Waals surface area contributed by atoms with Crippen molar-refractivity contribution in [3.63, 3.8) is 0 Å². The molecule has 1 aromatic heterocycles. The fraction of sp³-hybridized carbons (Fsp3) is 0.150. The monoisotopic (exact) mass is 356 g/mol. The first kappa shape index (κ1) is 16.8. The van der Waals surface area contributed by atoms with Gasteiger partial charge in [0.15, 0.2) is 0 Å². The second-order valence-electron chi connectivity index (χ2n) is 5.83. The van der Waals surface area contributed by atoms with Gasteiger partial charge in [0.2, 0.25) is 0 Å². The highest BCUT2D eigenvalue weighted by Gasteiger charge is 2.10. The first-order valence-corrected chi connectivity index (χ1v) is 8.47. The van der Waals surface area contributed by atoms with Crippen LogP contribution in [-0.2, 0) is 0 Å². The van der Waals surface area contributed by atoms with Crippen LogP contribution in [0.2, 0.25) is 10.0 Å². The van der Waals surface area contributed by atoms with Crippen molar-refractivity contribution < 1.29 is 0 Å². The molecule has 0 unspecified atom stereocenters. The number of nitrogens with zero attached hydrogens (tertiary/aromatic N) is 2.